The number of hydrogen-bond donors (Lipinski definition) is 1. The molecule has 0 fully saturated rings. The topological polar surface area (TPSA) is 37.3 Å². The molecule has 0 bridgehead atoms. The molecular formula is C17H29ClO2. The summed E-state index contributed by atoms with van der Waals surface area (Å²) in [5.41, 5.74) is 0. The van der Waals surface area contributed by atoms with Crippen LogP contribution in [-0.2, 0) is 4.79 Å². The van der Waals surface area contributed by atoms with Crippen molar-refractivity contribution in [2.45, 2.75) is 77.6 Å². The molecule has 0 saturated carbocycles. The minimum Gasteiger partial charge on any atom is -0.481 e. The van der Waals surface area contributed by atoms with Crippen LogP contribution in [0.4, 0.5) is 0 Å². The predicted octanol–water partition coefficient (Wildman–Crippen LogP) is 6.06. The number of carboxylic acid groups (broad SMARTS) is 1. The molecule has 0 aromatic carbocycles. The number of carboxylic acids is 1. The van der Waals surface area contributed by atoms with Gasteiger partial charge in [-0.2, -0.15) is 0 Å². The fourth-order valence-corrected chi connectivity index (χ4v) is 2.17. The van der Waals surface area contributed by atoms with E-state index in [2.05, 4.69) is 19.1 Å². The van der Waals surface area contributed by atoms with Crippen molar-refractivity contribution < 1.29 is 9.90 Å². The highest BCUT2D eigenvalue weighted by molar-refractivity contribution is 6.31. The molecule has 2 nitrogen and oxygen atoms in total. The van der Waals surface area contributed by atoms with Gasteiger partial charge in [0.1, 0.15) is 0 Å². The monoisotopic (exact) mass is 300 g/mol. The van der Waals surface area contributed by atoms with Gasteiger partial charge in [-0.1, -0.05) is 62.8 Å². The van der Waals surface area contributed by atoms with Gasteiger partial charge in [0.2, 0.25) is 0 Å². The first-order chi connectivity index (χ1) is 9.66. The Balaban J connectivity index is 3.42. The van der Waals surface area contributed by atoms with Crippen LogP contribution in [0.25, 0.3) is 0 Å². The van der Waals surface area contributed by atoms with E-state index in [4.69, 9.17) is 16.7 Å². The summed E-state index contributed by atoms with van der Waals surface area (Å²) >= 11 is 6.10. The van der Waals surface area contributed by atoms with Crippen molar-refractivity contribution in [1.29, 1.82) is 0 Å². The first-order valence-corrected chi connectivity index (χ1v) is 8.28. The minimum absolute atomic E-state index is 0.300. The standard InChI is InChI=1S/C17H29ClO2/c1-2-3-4-7-10-13-16(18)14-11-8-5-6-9-12-15-17(19)20/h10,13-14H,2-9,11-12,15H2,1H3,(H,19,20)/b13-10?,16-14+. The van der Waals surface area contributed by atoms with Gasteiger partial charge in [-0.25, -0.2) is 0 Å². The van der Waals surface area contributed by atoms with E-state index in [1.54, 1.807) is 0 Å². The summed E-state index contributed by atoms with van der Waals surface area (Å²) in [5, 5.41) is 9.35. The Morgan fingerprint density at radius 1 is 1.00 bits per heavy atom. The zero-order valence-electron chi connectivity index (χ0n) is 12.7. The predicted molar refractivity (Wildman–Crippen MR) is 87.2 cm³/mol. The van der Waals surface area contributed by atoms with E-state index in [0.29, 0.717) is 6.42 Å². The first kappa shape index (κ1) is 19.2. The lowest BCUT2D eigenvalue weighted by Gasteiger charge is -1.98. The van der Waals surface area contributed by atoms with Gasteiger partial charge in [0.05, 0.1) is 0 Å². The third-order valence-electron chi connectivity index (χ3n) is 3.19. The zero-order chi connectivity index (χ0) is 15.1. The highest BCUT2D eigenvalue weighted by atomic mass is 35.5. The second-order valence-corrected chi connectivity index (χ2v) is 5.62. The van der Waals surface area contributed by atoms with Gasteiger partial charge < -0.3 is 5.11 Å². The quantitative estimate of drug-likeness (QED) is 0.331. The van der Waals surface area contributed by atoms with Crippen LogP contribution in [-0.4, -0.2) is 11.1 Å². The van der Waals surface area contributed by atoms with Crippen molar-refractivity contribution >= 4 is 17.6 Å². The Morgan fingerprint density at radius 2 is 1.65 bits per heavy atom. The highest BCUT2D eigenvalue weighted by Crippen LogP contribution is 2.11. The molecule has 3 heteroatoms. The zero-order valence-corrected chi connectivity index (χ0v) is 13.5. The number of unbranched alkanes of at least 4 members (excludes halogenated alkanes) is 8. The van der Waals surface area contributed by atoms with E-state index < -0.39 is 5.97 Å². The molecule has 0 saturated heterocycles. The van der Waals surface area contributed by atoms with Gasteiger partial charge in [0.15, 0.2) is 0 Å². The van der Waals surface area contributed by atoms with Gasteiger partial charge in [-0.15, -0.1) is 0 Å². The van der Waals surface area contributed by atoms with Crippen LogP contribution in [0.2, 0.25) is 0 Å². The van der Waals surface area contributed by atoms with E-state index in [1.165, 1.54) is 19.3 Å². The lowest BCUT2D eigenvalue weighted by molar-refractivity contribution is -0.137. The average molecular weight is 301 g/mol. The molecule has 0 radical (unpaired) electrons. The molecule has 0 atom stereocenters. The van der Waals surface area contributed by atoms with Crippen molar-refractivity contribution in [3.8, 4) is 0 Å². The second kappa shape index (κ2) is 14.6. The lowest BCUT2D eigenvalue weighted by atomic mass is 10.1. The Bertz CT molecular complexity index is 295. The van der Waals surface area contributed by atoms with Crippen LogP contribution in [0.3, 0.4) is 0 Å². The van der Waals surface area contributed by atoms with Crippen LogP contribution in [0, 0.1) is 0 Å². The number of hydrogen-bond acceptors (Lipinski definition) is 1. The summed E-state index contributed by atoms with van der Waals surface area (Å²) in [7, 11) is 0. The van der Waals surface area contributed by atoms with Crippen LogP contribution in [0.15, 0.2) is 23.3 Å². The summed E-state index contributed by atoms with van der Waals surface area (Å²) in [6, 6.07) is 0. The molecule has 20 heavy (non-hydrogen) atoms. The van der Waals surface area contributed by atoms with Gasteiger partial charge in [-0.05, 0) is 38.2 Å². The smallest absolute Gasteiger partial charge is 0.303 e. The molecule has 0 rings (SSSR count). The third kappa shape index (κ3) is 15.3. The number of carbonyl (C=O) groups is 1. The third-order valence-corrected chi connectivity index (χ3v) is 3.47. The molecule has 0 unspecified atom stereocenters. The number of halogens is 1. The van der Waals surface area contributed by atoms with Gasteiger partial charge in [0, 0.05) is 11.5 Å². The molecule has 0 aromatic rings. The van der Waals surface area contributed by atoms with E-state index >= 15 is 0 Å². The van der Waals surface area contributed by atoms with Crippen LogP contribution >= 0.6 is 11.6 Å². The molecule has 116 valence electrons. The van der Waals surface area contributed by atoms with Crippen molar-refractivity contribution in [1.82, 2.24) is 0 Å². The van der Waals surface area contributed by atoms with Crippen molar-refractivity contribution in [3.05, 3.63) is 23.3 Å². The summed E-state index contributed by atoms with van der Waals surface area (Å²) < 4.78 is 0. The first-order valence-electron chi connectivity index (χ1n) is 7.90. The molecule has 0 aliphatic rings. The summed E-state index contributed by atoms with van der Waals surface area (Å²) in [4.78, 5) is 10.3. The van der Waals surface area contributed by atoms with Gasteiger partial charge >= 0.3 is 5.97 Å². The highest BCUT2D eigenvalue weighted by Gasteiger charge is 1.96. The van der Waals surface area contributed by atoms with Crippen molar-refractivity contribution in [2.24, 2.45) is 0 Å². The van der Waals surface area contributed by atoms with E-state index in [9.17, 15) is 4.79 Å². The van der Waals surface area contributed by atoms with Crippen LogP contribution in [0.1, 0.15) is 77.6 Å². The SMILES string of the molecule is CCCCCC=C/C(Cl)=C\CCCCCCCC(=O)O. The summed E-state index contributed by atoms with van der Waals surface area (Å²) in [5.74, 6) is -0.689. The second-order valence-electron chi connectivity index (χ2n) is 5.19. The molecule has 0 aliphatic heterocycles. The molecule has 0 amide bonds. The fraction of sp³-hybridized carbons (Fsp3) is 0.706. The van der Waals surface area contributed by atoms with Crippen molar-refractivity contribution in [2.75, 3.05) is 0 Å². The summed E-state index contributed by atoms with van der Waals surface area (Å²) in [6.07, 6.45) is 17.7. The fourth-order valence-electron chi connectivity index (χ4n) is 1.97. The molecule has 0 spiro atoms. The Hall–Kier alpha value is -0.760. The van der Waals surface area contributed by atoms with E-state index in [-0.39, 0.29) is 0 Å². The van der Waals surface area contributed by atoms with E-state index in [1.807, 2.05) is 6.08 Å². The van der Waals surface area contributed by atoms with Crippen molar-refractivity contribution in [3.63, 3.8) is 0 Å². The summed E-state index contributed by atoms with van der Waals surface area (Å²) in [6.45, 7) is 2.21. The van der Waals surface area contributed by atoms with Crippen LogP contribution in [0.5, 0.6) is 0 Å². The van der Waals surface area contributed by atoms with Crippen LogP contribution < -0.4 is 0 Å². The molecule has 0 aliphatic carbocycles. The number of allylic oxidation sites excluding steroid dienone is 4. The number of aliphatic carboxylic acids is 1. The maximum Gasteiger partial charge on any atom is 0.303 e. The Morgan fingerprint density at radius 3 is 2.35 bits per heavy atom. The maximum absolute atomic E-state index is 10.3. The largest absolute Gasteiger partial charge is 0.481 e. The Labute approximate surface area is 128 Å². The lowest BCUT2D eigenvalue weighted by Crippen LogP contribution is -1.93. The normalized spacial score (nSPS) is 12.2. The minimum atomic E-state index is -0.689. The molecule has 1 N–H and O–H groups in total. The van der Waals surface area contributed by atoms with Gasteiger partial charge in [-0.3, -0.25) is 4.79 Å². The average Bonchev–Trinajstić information content (AvgIpc) is 2.41. The molecule has 0 heterocycles. The van der Waals surface area contributed by atoms with Gasteiger partial charge in [0.25, 0.3) is 0 Å². The Kier molecular flexibility index (Phi) is 14.1. The van der Waals surface area contributed by atoms with E-state index in [0.717, 1.165) is 50.0 Å². The maximum atomic E-state index is 10.3. The number of rotatable bonds is 13. The molecular weight excluding hydrogens is 272 g/mol. The molecule has 0 aromatic heterocycles.